The zero-order chi connectivity index (χ0) is 17.4. The van der Waals surface area contributed by atoms with E-state index in [1.807, 2.05) is 0 Å². The number of carboxylic acid groups (broad SMARTS) is 1. The number of carbonyl (C=O) groups excluding carboxylic acids is 1. The SMILES string of the molecule is O=C(O)[C@@H]1[C@@H](C(=O)Nc2ccc(OC(F)F)c(Cl)c2)[C@@H]2C=C[C@@H]1O2. The summed E-state index contributed by atoms with van der Waals surface area (Å²) in [6.45, 7) is -3.02. The molecule has 6 nitrogen and oxygen atoms in total. The fourth-order valence-electron chi connectivity index (χ4n) is 2.91. The molecule has 0 aliphatic carbocycles. The number of carboxylic acids is 1. The van der Waals surface area contributed by atoms with E-state index in [2.05, 4.69) is 10.1 Å². The van der Waals surface area contributed by atoms with Crippen LogP contribution in [0, 0.1) is 11.8 Å². The van der Waals surface area contributed by atoms with E-state index in [9.17, 15) is 23.5 Å². The van der Waals surface area contributed by atoms with E-state index in [4.69, 9.17) is 16.3 Å². The van der Waals surface area contributed by atoms with Gasteiger partial charge in [0, 0.05) is 5.69 Å². The van der Waals surface area contributed by atoms with Gasteiger partial charge in [-0.25, -0.2) is 0 Å². The van der Waals surface area contributed by atoms with Crippen LogP contribution >= 0.6 is 11.6 Å². The van der Waals surface area contributed by atoms with E-state index >= 15 is 0 Å². The quantitative estimate of drug-likeness (QED) is 0.789. The molecule has 9 heteroatoms. The predicted molar refractivity (Wildman–Crippen MR) is 79.1 cm³/mol. The van der Waals surface area contributed by atoms with Gasteiger partial charge in [-0.05, 0) is 18.2 Å². The molecule has 4 atom stereocenters. The van der Waals surface area contributed by atoms with E-state index in [-0.39, 0.29) is 16.5 Å². The summed E-state index contributed by atoms with van der Waals surface area (Å²) in [7, 11) is 0. The van der Waals surface area contributed by atoms with Crippen molar-refractivity contribution in [3.05, 3.63) is 35.4 Å². The van der Waals surface area contributed by atoms with Crippen LogP contribution in [0.15, 0.2) is 30.4 Å². The number of carbonyl (C=O) groups is 2. The molecule has 0 saturated carbocycles. The summed E-state index contributed by atoms with van der Waals surface area (Å²) in [5.74, 6) is -3.74. The van der Waals surface area contributed by atoms with Crippen molar-refractivity contribution in [1.82, 2.24) is 0 Å². The first-order valence-corrected chi connectivity index (χ1v) is 7.36. The monoisotopic (exact) mass is 359 g/mol. The van der Waals surface area contributed by atoms with Gasteiger partial charge in [-0.15, -0.1) is 0 Å². The van der Waals surface area contributed by atoms with Crippen LogP contribution in [0.25, 0.3) is 0 Å². The highest BCUT2D eigenvalue weighted by atomic mass is 35.5. The zero-order valence-corrected chi connectivity index (χ0v) is 12.7. The third-order valence-corrected chi connectivity index (χ3v) is 4.20. The molecule has 2 aliphatic rings. The summed E-state index contributed by atoms with van der Waals surface area (Å²) in [5.41, 5.74) is 0.238. The van der Waals surface area contributed by atoms with Crippen LogP contribution in [0.4, 0.5) is 14.5 Å². The molecule has 128 valence electrons. The number of aliphatic carboxylic acids is 1. The number of halogens is 3. The first-order valence-electron chi connectivity index (χ1n) is 6.98. The lowest BCUT2D eigenvalue weighted by atomic mass is 9.82. The van der Waals surface area contributed by atoms with Crippen LogP contribution in [-0.2, 0) is 14.3 Å². The van der Waals surface area contributed by atoms with Crippen LogP contribution in [0.2, 0.25) is 5.02 Å². The lowest BCUT2D eigenvalue weighted by molar-refractivity contribution is -0.145. The molecule has 0 radical (unpaired) electrons. The smallest absolute Gasteiger partial charge is 0.387 e. The van der Waals surface area contributed by atoms with Gasteiger partial charge in [0.2, 0.25) is 5.91 Å². The molecule has 1 amide bonds. The molecule has 3 rings (SSSR count). The molecule has 1 fully saturated rings. The Bertz CT molecular complexity index is 711. The molecular formula is C15H12ClF2NO5. The lowest BCUT2D eigenvalue weighted by Crippen LogP contribution is -2.39. The minimum absolute atomic E-state index is 0.105. The number of hydrogen-bond donors (Lipinski definition) is 2. The Hall–Kier alpha value is -2.19. The molecule has 0 aromatic heterocycles. The summed E-state index contributed by atoms with van der Waals surface area (Å²) >= 11 is 5.82. The highest BCUT2D eigenvalue weighted by molar-refractivity contribution is 6.32. The number of anilines is 1. The van der Waals surface area contributed by atoms with E-state index in [1.54, 1.807) is 12.2 Å². The third-order valence-electron chi connectivity index (χ3n) is 3.90. The number of alkyl halides is 2. The normalized spacial score (nSPS) is 27.5. The molecule has 1 aromatic rings. The fourth-order valence-corrected chi connectivity index (χ4v) is 3.14. The zero-order valence-electron chi connectivity index (χ0n) is 12.0. The van der Waals surface area contributed by atoms with Gasteiger partial charge >= 0.3 is 12.6 Å². The number of nitrogens with one attached hydrogen (secondary N) is 1. The van der Waals surface area contributed by atoms with E-state index in [0.717, 1.165) is 0 Å². The van der Waals surface area contributed by atoms with Crippen molar-refractivity contribution in [1.29, 1.82) is 0 Å². The number of rotatable bonds is 5. The van der Waals surface area contributed by atoms with Crippen molar-refractivity contribution in [3.8, 4) is 5.75 Å². The average molecular weight is 360 g/mol. The second-order valence-corrected chi connectivity index (χ2v) is 5.76. The third kappa shape index (κ3) is 3.07. The fraction of sp³-hybridized carbons (Fsp3) is 0.333. The number of fused-ring (bicyclic) bond motifs is 2. The van der Waals surface area contributed by atoms with Crippen LogP contribution < -0.4 is 10.1 Å². The Labute approximate surface area is 140 Å². The summed E-state index contributed by atoms with van der Waals surface area (Å²) < 4.78 is 34.0. The van der Waals surface area contributed by atoms with E-state index < -0.39 is 42.5 Å². The van der Waals surface area contributed by atoms with Crippen molar-refractivity contribution >= 4 is 29.2 Å². The molecule has 0 spiro atoms. The Kier molecular flexibility index (Phi) is 4.42. The number of benzene rings is 1. The number of ether oxygens (including phenoxy) is 2. The molecular weight excluding hydrogens is 348 g/mol. The van der Waals surface area contributed by atoms with Gasteiger partial charge < -0.3 is 19.9 Å². The van der Waals surface area contributed by atoms with E-state index in [1.165, 1.54) is 18.2 Å². The Morgan fingerprint density at radius 2 is 1.92 bits per heavy atom. The summed E-state index contributed by atoms with van der Waals surface area (Å²) in [5, 5.41) is 11.7. The van der Waals surface area contributed by atoms with Gasteiger partial charge in [-0.2, -0.15) is 8.78 Å². The topological polar surface area (TPSA) is 84.9 Å². The highest BCUT2D eigenvalue weighted by Gasteiger charge is 2.53. The molecule has 2 bridgehead atoms. The van der Waals surface area contributed by atoms with Crippen LogP contribution in [0.3, 0.4) is 0 Å². The van der Waals surface area contributed by atoms with Gasteiger partial charge in [0.1, 0.15) is 11.7 Å². The molecule has 2 heterocycles. The first-order chi connectivity index (χ1) is 11.4. The maximum atomic E-state index is 12.4. The average Bonchev–Trinajstić information content (AvgIpc) is 3.10. The largest absolute Gasteiger partial charge is 0.481 e. The minimum Gasteiger partial charge on any atom is -0.481 e. The summed E-state index contributed by atoms with van der Waals surface area (Å²) in [6.07, 6.45) is 2.04. The van der Waals surface area contributed by atoms with Crippen molar-refractivity contribution in [2.75, 3.05) is 5.32 Å². The van der Waals surface area contributed by atoms with Gasteiger partial charge in [-0.3, -0.25) is 9.59 Å². The van der Waals surface area contributed by atoms with Gasteiger partial charge in [0.25, 0.3) is 0 Å². The van der Waals surface area contributed by atoms with Crippen molar-refractivity contribution < 1.29 is 33.0 Å². The number of amides is 1. The molecule has 1 aromatic carbocycles. The van der Waals surface area contributed by atoms with Crippen molar-refractivity contribution in [2.24, 2.45) is 11.8 Å². The Morgan fingerprint density at radius 3 is 2.50 bits per heavy atom. The van der Waals surface area contributed by atoms with Crippen molar-refractivity contribution in [2.45, 2.75) is 18.8 Å². The Morgan fingerprint density at radius 1 is 1.25 bits per heavy atom. The molecule has 0 unspecified atom stereocenters. The highest BCUT2D eigenvalue weighted by Crippen LogP contribution is 2.40. The molecule has 2 N–H and O–H groups in total. The van der Waals surface area contributed by atoms with Gasteiger partial charge in [-0.1, -0.05) is 23.8 Å². The standard InChI is InChI=1S/C15H12ClF2NO5/c16-7-5-6(1-2-8(7)24-15(17)18)19-13(20)11-9-3-4-10(23-9)12(11)14(21)22/h1-5,9-12,15H,(H,19,20)(H,21,22)/t9-,10-,11-,12-/m0/s1. The van der Waals surface area contributed by atoms with Crippen LogP contribution in [0.1, 0.15) is 0 Å². The van der Waals surface area contributed by atoms with E-state index in [0.29, 0.717) is 0 Å². The minimum atomic E-state index is -3.02. The maximum Gasteiger partial charge on any atom is 0.387 e. The second-order valence-electron chi connectivity index (χ2n) is 5.35. The molecule has 2 aliphatic heterocycles. The van der Waals surface area contributed by atoms with Gasteiger partial charge in [0.05, 0.1) is 23.1 Å². The maximum absolute atomic E-state index is 12.4. The summed E-state index contributed by atoms with van der Waals surface area (Å²) in [6, 6.07) is 3.77. The molecule has 1 saturated heterocycles. The van der Waals surface area contributed by atoms with Gasteiger partial charge in [0.15, 0.2) is 0 Å². The molecule has 24 heavy (non-hydrogen) atoms. The van der Waals surface area contributed by atoms with Crippen molar-refractivity contribution in [3.63, 3.8) is 0 Å². The number of hydrogen-bond acceptors (Lipinski definition) is 4. The predicted octanol–water partition coefficient (Wildman–Crippen LogP) is 2.53. The van der Waals surface area contributed by atoms with Crippen LogP contribution in [0.5, 0.6) is 5.75 Å². The lowest BCUT2D eigenvalue weighted by Gasteiger charge is -2.21. The Balaban J connectivity index is 1.74. The summed E-state index contributed by atoms with van der Waals surface area (Å²) in [4.78, 5) is 23.8. The van der Waals surface area contributed by atoms with Crippen LogP contribution in [-0.4, -0.2) is 35.8 Å². The first kappa shape index (κ1) is 16.7. The second kappa shape index (κ2) is 6.37.